The van der Waals surface area contributed by atoms with E-state index in [4.69, 9.17) is 25.8 Å². The second-order valence-electron chi connectivity index (χ2n) is 4.85. The molecule has 0 aliphatic rings. The average Bonchev–Trinajstić information content (AvgIpc) is 2.56. The van der Waals surface area contributed by atoms with E-state index >= 15 is 0 Å². The van der Waals surface area contributed by atoms with Gasteiger partial charge in [-0.1, -0.05) is 11.6 Å². The van der Waals surface area contributed by atoms with Crippen LogP contribution in [0.3, 0.4) is 0 Å². The molecule has 23 heavy (non-hydrogen) atoms. The van der Waals surface area contributed by atoms with Crippen LogP contribution in [0, 0.1) is 0 Å². The fourth-order valence-electron chi connectivity index (χ4n) is 2.20. The number of hydrogen-bond acceptors (Lipinski definition) is 4. The van der Waals surface area contributed by atoms with Crippen molar-refractivity contribution in [1.29, 1.82) is 0 Å². The minimum absolute atomic E-state index is 0.542. The lowest BCUT2D eigenvalue weighted by Gasteiger charge is -2.14. The third-order valence-corrected chi connectivity index (χ3v) is 3.52. The third kappa shape index (κ3) is 4.70. The third-order valence-electron chi connectivity index (χ3n) is 3.24. The number of nitrogens with one attached hydrogen (secondary N) is 1. The molecule has 1 N–H and O–H groups in total. The molecule has 2 rings (SSSR count). The van der Waals surface area contributed by atoms with Crippen molar-refractivity contribution in [3.63, 3.8) is 0 Å². The molecule has 0 aliphatic heterocycles. The van der Waals surface area contributed by atoms with Gasteiger partial charge < -0.3 is 19.5 Å². The Balaban J connectivity index is 2.06. The van der Waals surface area contributed by atoms with E-state index in [0.29, 0.717) is 36.3 Å². The number of hydrogen-bond donors (Lipinski definition) is 1. The summed E-state index contributed by atoms with van der Waals surface area (Å²) < 4.78 is 16.3. The van der Waals surface area contributed by atoms with Crippen LogP contribution in [-0.4, -0.2) is 20.3 Å². The monoisotopic (exact) mass is 335 g/mol. The van der Waals surface area contributed by atoms with Crippen LogP contribution in [0.15, 0.2) is 36.4 Å². The van der Waals surface area contributed by atoms with Gasteiger partial charge in [0, 0.05) is 12.2 Å². The van der Waals surface area contributed by atoms with Crippen LogP contribution >= 0.6 is 11.6 Å². The maximum atomic E-state index is 6.28. The summed E-state index contributed by atoms with van der Waals surface area (Å²) in [6, 6.07) is 11.7. The van der Waals surface area contributed by atoms with Gasteiger partial charge in [-0.05, 0) is 55.8 Å². The van der Waals surface area contributed by atoms with Gasteiger partial charge in [0.25, 0.3) is 0 Å². The Morgan fingerprint density at radius 1 is 1.00 bits per heavy atom. The van der Waals surface area contributed by atoms with Gasteiger partial charge in [-0.2, -0.15) is 0 Å². The number of ether oxygens (including phenoxy) is 3. The Hall–Kier alpha value is -2.07. The number of benzene rings is 2. The van der Waals surface area contributed by atoms with E-state index in [9.17, 15) is 0 Å². The van der Waals surface area contributed by atoms with Crippen LogP contribution in [0.25, 0.3) is 0 Å². The molecule has 0 aromatic heterocycles. The van der Waals surface area contributed by atoms with E-state index in [1.807, 2.05) is 50.2 Å². The minimum atomic E-state index is 0.542. The summed E-state index contributed by atoms with van der Waals surface area (Å²) in [5, 5.41) is 3.90. The summed E-state index contributed by atoms with van der Waals surface area (Å²) >= 11 is 6.28. The van der Waals surface area contributed by atoms with Crippen molar-refractivity contribution in [3.05, 3.63) is 47.0 Å². The van der Waals surface area contributed by atoms with Gasteiger partial charge in [0.05, 0.1) is 25.3 Å². The predicted octanol–water partition coefficient (Wildman–Crippen LogP) is 4.76. The molecule has 4 nitrogen and oxygen atoms in total. The van der Waals surface area contributed by atoms with E-state index in [2.05, 4.69) is 5.32 Å². The van der Waals surface area contributed by atoms with E-state index in [0.717, 1.165) is 17.0 Å². The first kappa shape index (κ1) is 17.3. The summed E-state index contributed by atoms with van der Waals surface area (Å²) in [7, 11) is 1.61. The standard InChI is InChI=1S/C18H22ClNO3/c1-4-22-15-8-6-14(7-9-15)20-12-13-10-16(19)18(23-5-2)17(11-13)21-3/h6-11,20H,4-5,12H2,1-3H3. The topological polar surface area (TPSA) is 39.7 Å². The molecule has 0 aliphatic carbocycles. The second-order valence-corrected chi connectivity index (χ2v) is 5.26. The van der Waals surface area contributed by atoms with Crippen molar-refractivity contribution >= 4 is 17.3 Å². The van der Waals surface area contributed by atoms with Gasteiger partial charge in [0.1, 0.15) is 5.75 Å². The molecule has 0 fully saturated rings. The normalized spacial score (nSPS) is 10.3. The highest BCUT2D eigenvalue weighted by molar-refractivity contribution is 6.32. The summed E-state index contributed by atoms with van der Waals surface area (Å²) in [6.07, 6.45) is 0. The quantitative estimate of drug-likeness (QED) is 0.755. The van der Waals surface area contributed by atoms with E-state index in [-0.39, 0.29) is 0 Å². The maximum Gasteiger partial charge on any atom is 0.179 e. The molecule has 0 radical (unpaired) electrons. The van der Waals surface area contributed by atoms with Crippen LogP contribution in [0.2, 0.25) is 5.02 Å². The molecular formula is C18H22ClNO3. The Labute approximate surface area is 142 Å². The predicted molar refractivity (Wildman–Crippen MR) is 94.1 cm³/mol. The summed E-state index contributed by atoms with van der Waals surface area (Å²) in [5.41, 5.74) is 2.03. The molecular weight excluding hydrogens is 314 g/mol. The first-order chi connectivity index (χ1) is 11.2. The fraction of sp³-hybridized carbons (Fsp3) is 0.333. The highest BCUT2D eigenvalue weighted by atomic mass is 35.5. The molecule has 0 heterocycles. The van der Waals surface area contributed by atoms with Crippen LogP contribution < -0.4 is 19.5 Å². The lowest BCUT2D eigenvalue weighted by molar-refractivity contribution is 0.311. The maximum absolute atomic E-state index is 6.28. The summed E-state index contributed by atoms with van der Waals surface area (Å²) in [4.78, 5) is 0. The highest BCUT2D eigenvalue weighted by Crippen LogP contribution is 2.36. The summed E-state index contributed by atoms with van der Waals surface area (Å²) in [6.45, 7) is 5.72. The van der Waals surface area contributed by atoms with Crippen molar-refractivity contribution in [2.45, 2.75) is 20.4 Å². The molecule has 0 bridgehead atoms. The zero-order chi connectivity index (χ0) is 16.7. The van der Waals surface area contributed by atoms with Crippen LogP contribution in [-0.2, 0) is 6.54 Å². The second kappa shape index (κ2) is 8.53. The molecule has 0 spiro atoms. The van der Waals surface area contributed by atoms with Crippen molar-refractivity contribution in [2.75, 3.05) is 25.6 Å². The van der Waals surface area contributed by atoms with Crippen molar-refractivity contribution < 1.29 is 14.2 Å². The lowest BCUT2D eigenvalue weighted by atomic mass is 10.2. The molecule has 2 aromatic rings. The molecule has 0 saturated carbocycles. The Kier molecular flexibility index (Phi) is 6.41. The first-order valence-corrected chi connectivity index (χ1v) is 8.01. The van der Waals surface area contributed by atoms with Gasteiger partial charge in [0.15, 0.2) is 11.5 Å². The summed E-state index contributed by atoms with van der Waals surface area (Å²) in [5.74, 6) is 2.09. The molecule has 2 aromatic carbocycles. The lowest BCUT2D eigenvalue weighted by Crippen LogP contribution is -2.02. The highest BCUT2D eigenvalue weighted by Gasteiger charge is 2.11. The van der Waals surface area contributed by atoms with Gasteiger partial charge >= 0.3 is 0 Å². The Morgan fingerprint density at radius 2 is 1.70 bits per heavy atom. The molecule has 5 heteroatoms. The SMILES string of the molecule is CCOc1ccc(NCc2cc(Cl)c(OCC)c(OC)c2)cc1. The minimum Gasteiger partial charge on any atom is -0.494 e. The van der Waals surface area contributed by atoms with E-state index in [1.165, 1.54) is 0 Å². The molecule has 0 saturated heterocycles. The largest absolute Gasteiger partial charge is 0.494 e. The number of rotatable bonds is 8. The molecule has 124 valence electrons. The molecule has 0 amide bonds. The van der Waals surface area contributed by atoms with Crippen molar-refractivity contribution in [3.8, 4) is 17.2 Å². The van der Waals surface area contributed by atoms with Gasteiger partial charge in [0.2, 0.25) is 0 Å². The smallest absolute Gasteiger partial charge is 0.179 e. The molecule has 0 unspecified atom stereocenters. The number of halogens is 1. The van der Waals surface area contributed by atoms with Crippen molar-refractivity contribution in [1.82, 2.24) is 0 Å². The first-order valence-electron chi connectivity index (χ1n) is 7.63. The number of methoxy groups -OCH3 is 1. The van der Waals surface area contributed by atoms with E-state index < -0.39 is 0 Å². The number of anilines is 1. The van der Waals surface area contributed by atoms with E-state index in [1.54, 1.807) is 7.11 Å². The Bertz CT molecular complexity index is 629. The molecule has 0 atom stereocenters. The average molecular weight is 336 g/mol. The van der Waals surface area contributed by atoms with Gasteiger partial charge in [-0.15, -0.1) is 0 Å². The van der Waals surface area contributed by atoms with Gasteiger partial charge in [-0.3, -0.25) is 0 Å². The zero-order valence-electron chi connectivity index (χ0n) is 13.7. The Morgan fingerprint density at radius 3 is 2.30 bits per heavy atom. The zero-order valence-corrected chi connectivity index (χ0v) is 14.4. The van der Waals surface area contributed by atoms with Crippen molar-refractivity contribution in [2.24, 2.45) is 0 Å². The van der Waals surface area contributed by atoms with Crippen LogP contribution in [0.4, 0.5) is 5.69 Å². The van der Waals surface area contributed by atoms with Gasteiger partial charge in [-0.25, -0.2) is 0 Å². The van der Waals surface area contributed by atoms with Crippen LogP contribution in [0.1, 0.15) is 19.4 Å². The van der Waals surface area contributed by atoms with Crippen LogP contribution in [0.5, 0.6) is 17.2 Å². The fourth-order valence-corrected chi connectivity index (χ4v) is 2.49.